The fourth-order valence-electron chi connectivity index (χ4n) is 1.95. The van der Waals surface area contributed by atoms with Gasteiger partial charge in [-0.15, -0.1) is 0 Å². The van der Waals surface area contributed by atoms with Crippen molar-refractivity contribution in [2.24, 2.45) is 0 Å². The molecule has 0 atom stereocenters. The summed E-state index contributed by atoms with van der Waals surface area (Å²) in [5, 5.41) is 11.5. The third kappa shape index (κ3) is 3.79. The first-order valence-electron chi connectivity index (χ1n) is 6.63. The van der Waals surface area contributed by atoms with Crippen LogP contribution in [0.25, 0.3) is 5.65 Å². The Labute approximate surface area is 112 Å². The predicted molar refractivity (Wildman–Crippen MR) is 73.1 cm³/mol. The summed E-state index contributed by atoms with van der Waals surface area (Å²) in [6.07, 6.45) is 9.13. The number of carbonyl (C=O) groups excluding carboxylic acids is 1. The van der Waals surface area contributed by atoms with Gasteiger partial charge in [-0.3, -0.25) is 4.79 Å². The topological polar surface area (TPSA) is 66.6 Å². The highest BCUT2D eigenvalue weighted by molar-refractivity contribution is 5.94. The molecular weight excluding hydrogens is 242 g/mol. The van der Waals surface area contributed by atoms with E-state index in [0.29, 0.717) is 12.1 Å². The van der Waals surface area contributed by atoms with Gasteiger partial charge in [-0.05, 0) is 25.0 Å². The van der Waals surface area contributed by atoms with Crippen LogP contribution in [0.3, 0.4) is 0 Å². The van der Waals surface area contributed by atoms with Gasteiger partial charge in [0.1, 0.15) is 5.65 Å². The quantitative estimate of drug-likeness (QED) is 0.744. The third-order valence-electron chi connectivity index (χ3n) is 3.02. The van der Waals surface area contributed by atoms with Gasteiger partial charge in [-0.2, -0.15) is 0 Å². The van der Waals surface area contributed by atoms with Gasteiger partial charge in [-0.25, -0.2) is 4.98 Å². The third-order valence-corrected chi connectivity index (χ3v) is 3.02. The summed E-state index contributed by atoms with van der Waals surface area (Å²) in [7, 11) is 0. The zero-order valence-electron chi connectivity index (χ0n) is 10.9. The summed E-state index contributed by atoms with van der Waals surface area (Å²) in [6, 6.07) is 3.61. The molecule has 0 saturated carbocycles. The van der Waals surface area contributed by atoms with Crippen LogP contribution in [0.4, 0.5) is 0 Å². The second-order valence-electron chi connectivity index (χ2n) is 4.50. The van der Waals surface area contributed by atoms with Crippen molar-refractivity contribution in [2.45, 2.75) is 25.7 Å². The van der Waals surface area contributed by atoms with E-state index in [1.165, 1.54) is 0 Å². The van der Waals surface area contributed by atoms with Gasteiger partial charge in [0.25, 0.3) is 5.91 Å². The van der Waals surface area contributed by atoms with Crippen LogP contribution in [0, 0.1) is 0 Å². The molecule has 0 fully saturated rings. The van der Waals surface area contributed by atoms with Crippen molar-refractivity contribution >= 4 is 11.6 Å². The van der Waals surface area contributed by atoms with Gasteiger partial charge in [0.15, 0.2) is 0 Å². The van der Waals surface area contributed by atoms with Crippen LogP contribution in [-0.2, 0) is 0 Å². The smallest absolute Gasteiger partial charge is 0.252 e. The Kier molecular flexibility index (Phi) is 4.92. The van der Waals surface area contributed by atoms with E-state index in [1.807, 2.05) is 16.7 Å². The predicted octanol–water partition coefficient (Wildman–Crippen LogP) is 1.62. The molecule has 19 heavy (non-hydrogen) atoms. The first kappa shape index (κ1) is 13.5. The summed E-state index contributed by atoms with van der Waals surface area (Å²) in [6.45, 7) is 0.920. The Morgan fingerprint density at radius 2 is 2.11 bits per heavy atom. The second-order valence-corrected chi connectivity index (χ2v) is 4.50. The molecule has 2 rings (SSSR count). The maximum absolute atomic E-state index is 11.9. The molecule has 0 aliphatic heterocycles. The molecule has 2 aromatic rings. The Hall–Kier alpha value is -1.88. The van der Waals surface area contributed by atoms with E-state index < -0.39 is 0 Å². The van der Waals surface area contributed by atoms with Crippen LogP contribution < -0.4 is 5.32 Å². The van der Waals surface area contributed by atoms with Gasteiger partial charge in [0.05, 0.1) is 5.56 Å². The van der Waals surface area contributed by atoms with Crippen molar-refractivity contribution in [3.05, 3.63) is 36.3 Å². The molecule has 1 amide bonds. The number of hydrogen-bond acceptors (Lipinski definition) is 3. The van der Waals surface area contributed by atoms with Crippen molar-refractivity contribution in [3.8, 4) is 0 Å². The fourth-order valence-corrected chi connectivity index (χ4v) is 1.95. The van der Waals surface area contributed by atoms with Gasteiger partial charge in [-0.1, -0.05) is 12.8 Å². The standard InChI is InChI=1S/C14H19N3O2/c18-10-4-2-1-3-7-16-14(19)12-5-6-13-15-8-9-17(13)11-12/h5-6,8-9,11,18H,1-4,7,10H2,(H,16,19). The number of amides is 1. The number of rotatable bonds is 7. The van der Waals surface area contributed by atoms with Crippen molar-refractivity contribution < 1.29 is 9.90 Å². The minimum atomic E-state index is -0.0576. The second kappa shape index (κ2) is 6.89. The summed E-state index contributed by atoms with van der Waals surface area (Å²) in [5.74, 6) is -0.0576. The average Bonchev–Trinajstić information content (AvgIpc) is 2.89. The zero-order valence-corrected chi connectivity index (χ0v) is 10.9. The molecule has 0 aliphatic rings. The van der Waals surface area contributed by atoms with Gasteiger partial charge in [0, 0.05) is 31.7 Å². The number of carbonyl (C=O) groups is 1. The van der Waals surface area contributed by atoms with E-state index in [1.54, 1.807) is 18.5 Å². The lowest BCUT2D eigenvalue weighted by Crippen LogP contribution is -2.24. The highest BCUT2D eigenvalue weighted by Crippen LogP contribution is 2.05. The fraction of sp³-hybridized carbons (Fsp3) is 0.429. The van der Waals surface area contributed by atoms with Crippen molar-refractivity contribution in [1.82, 2.24) is 14.7 Å². The maximum atomic E-state index is 11.9. The monoisotopic (exact) mass is 261 g/mol. The first-order chi connectivity index (χ1) is 9.31. The highest BCUT2D eigenvalue weighted by atomic mass is 16.2. The van der Waals surface area contributed by atoms with Gasteiger partial charge >= 0.3 is 0 Å². The van der Waals surface area contributed by atoms with Crippen LogP contribution in [0.15, 0.2) is 30.7 Å². The van der Waals surface area contributed by atoms with Crippen LogP contribution >= 0.6 is 0 Å². The molecule has 102 valence electrons. The number of nitrogens with zero attached hydrogens (tertiary/aromatic N) is 2. The summed E-state index contributed by atoms with van der Waals surface area (Å²) in [4.78, 5) is 16.0. The molecule has 0 saturated heterocycles. The summed E-state index contributed by atoms with van der Waals surface area (Å²) >= 11 is 0. The molecule has 0 radical (unpaired) electrons. The zero-order chi connectivity index (χ0) is 13.5. The molecule has 2 heterocycles. The van der Waals surface area contributed by atoms with Crippen molar-refractivity contribution in [1.29, 1.82) is 0 Å². The number of aromatic nitrogens is 2. The molecule has 0 spiro atoms. The molecule has 5 heteroatoms. The largest absolute Gasteiger partial charge is 0.396 e. The van der Waals surface area contributed by atoms with Gasteiger partial charge < -0.3 is 14.8 Å². The normalized spacial score (nSPS) is 10.8. The van der Waals surface area contributed by atoms with E-state index in [9.17, 15) is 4.79 Å². The Balaban J connectivity index is 1.79. The molecule has 2 N–H and O–H groups in total. The number of aliphatic hydroxyl groups excluding tert-OH is 1. The number of pyridine rings is 1. The van der Waals surface area contributed by atoms with Crippen LogP contribution in [0.1, 0.15) is 36.0 Å². The van der Waals surface area contributed by atoms with Crippen molar-refractivity contribution in [2.75, 3.05) is 13.2 Å². The number of unbranched alkanes of at least 4 members (excludes halogenated alkanes) is 3. The summed E-state index contributed by atoms with van der Waals surface area (Å²) < 4.78 is 1.83. The molecule has 0 aromatic carbocycles. The van der Waals surface area contributed by atoms with E-state index >= 15 is 0 Å². The summed E-state index contributed by atoms with van der Waals surface area (Å²) in [5.41, 5.74) is 1.47. The molecule has 0 bridgehead atoms. The number of hydrogen-bond donors (Lipinski definition) is 2. The minimum Gasteiger partial charge on any atom is -0.396 e. The van der Waals surface area contributed by atoms with E-state index in [0.717, 1.165) is 31.3 Å². The highest BCUT2D eigenvalue weighted by Gasteiger charge is 2.05. The van der Waals surface area contributed by atoms with Crippen LogP contribution in [0.2, 0.25) is 0 Å². The van der Waals surface area contributed by atoms with E-state index in [4.69, 9.17) is 5.11 Å². The number of aliphatic hydroxyl groups is 1. The minimum absolute atomic E-state index is 0.0576. The Morgan fingerprint density at radius 1 is 1.26 bits per heavy atom. The Bertz CT molecular complexity index is 536. The van der Waals surface area contributed by atoms with Crippen molar-refractivity contribution in [3.63, 3.8) is 0 Å². The first-order valence-corrected chi connectivity index (χ1v) is 6.63. The lowest BCUT2D eigenvalue weighted by molar-refractivity contribution is 0.0952. The SMILES string of the molecule is O=C(NCCCCCCO)c1ccc2nccn2c1. The number of nitrogens with one attached hydrogen (secondary N) is 1. The molecular formula is C14H19N3O2. The molecule has 5 nitrogen and oxygen atoms in total. The van der Waals surface area contributed by atoms with Crippen LogP contribution in [-0.4, -0.2) is 33.6 Å². The Morgan fingerprint density at radius 3 is 2.95 bits per heavy atom. The lowest BCUT2D eigenvalue weighted by atomic mass is 10.2. The molecule has 0 unspecified atom stereocenters. The molecule has 2 aromatic heterocycles. The lowest BCUT2D eigenvalue weighted by Gasteiger charge is -2.05. The average molecular weight is 261 g/mol. The van der Waals surface area contributed by atoms with E-state index in [-0.39, 0.29) is 12.5 Å². The van der Waals surface area contributed by atoms with E-state index in [2.05, 4.69) is 10.3 Å². The molecule has 0 aliphatic carbocycles. The van der Waals surface area contributed by atoms with Gasteiger partial charge in [0.2, 0.25) is 0 Å². The van der Waals surface area contributed by atoms with Crippen LogP contribution in [0.5, 0.6) is 0 Å². The maximum Gasteiger partial charge on any atom is 0.252 e. The number of fused-ring (bicyclic) bond motifs is 1. The number of imidazole rings is 1.